The molecule has 2 aromatic rings. The van der Waals surface area contributed by atoms with E-state index in [1.165, 1.54) is 12.8 Å². The topological polar surface area (TPSA) is 61.0 Å². The van der Waals surface area contributed by atoms with E-state index in [1.54, 1.807) is 7.11 Å². The molecule has 1 aliphatic rings. The van der Waals surface area contributed by atoms with Crippen LogP contribution in [0.15, 0.2) is 34.8 Å². The van der Waals surface area contributed by atoms with Crippen molar-refractivity contribution in [1.29, 1.82) is 0 Å². The molecule has 1 fully saturated rings. The van der Waals surface area contributed by atoms with Crippen molar-refractivity contribution >= 4 is 21.7 Å². The van der Waals surface area contributed by atoms with Gasteiger partial charge in [-0.3, -0.25) is 0 Å². The number of methoxy groups -OCH3 is 1. The van der Waals surface area contributed by atoms with Crippen LogP contribution in [0.2, 0.25) is 0 Å². The van der Waals surface area contributed by atoms with Crippen LogP contribution in [0.3, 0.4) is 0 Å². The molecule has 1 unspecified atom stereocenters. The van der Waals surface area contributed by atoms with Gasteiger partial charge < -0.3 is 10.5 Å². The first-order chi connectivity index (χ1) is 9.70. The van der Waals surface area contributed by atoms with E-state index in [1.807, 2.05) is 30.3 Å². The summed E-state index contributed by atoms with van der Waals surface area (Å²) in [6.07, 6.45) is 2.27. The third-order valence-electron chi connectivity index (χ3n) is 3.50. The predicted octanol–water partition coefficient (Wildman–Crippen LogP) is 3.59. The summed E-state index contributed by atoms with van der Waals surface area (Å²) in [4.78, 5) is 9.06. The minimum Gasteiger partial charge on any atom is -0.383 e. The van der Waals surface area contributed by atoms with Gasteiger partial charge in [-0.05, 0) is 34.7 Å². The molecular weight excluding hydrogens is 318 g/mol. The standard InChI is InChI=1S/C15H16BrN3O/c1-20-13(10-7-8-10)15-18-12(11(16)14(17)19-15)9-5-3-2-4-6-9/h2-6,10,13H,7-8H2,1H3,(H2,17,18,19). The van der Waals surface area contributed by atoms with Crippen LogP contribution < -0.4 is 5.73 Å². The zero-order valence-electron chi connectivity index (χ0n) is 11.2. The highest BCUT2D eigenvalue weighted by molar-refractivity contribution is 9.10. The fraction of sp³-hybridized carbons (Fsp3) is 0.333. The predicted molar refractivity (Wildman–Crippen MR) is 82.1 cm³/mol. The van der Waals surface area contributed by atoms with Crippen molar-refractivity contribution in [1.82, 2.24) is 9.97 Å². The molecule has 3 rings (SSSR count). The van der Waals surface area contributed by atoms with Crippen LogP contribution in [0.25, 0.3) is 11.3 Å². The molecule has 1 aliphatic carbocycles. The average molecular weight is 334 g/mol. The minimum atomic E-state index is -0.0622. The summed E-state index contributed by atoms with van der Waals surface area (Å²) < 4.78 is 6.28. The van der Waals surface area contributed by atoms with Crippen LogP contribution in [-0.4, -0.2) is 17.1 Å². The van der Waals surface area contributed by atoms with Gasteiger partial charge in [0.15, 0.2) is 5.82 Å². The highest BCUT2D eigenvalue weighted by Crippen LogP contribution is 2.43. The molecule has 5 heteroatoms. The summed E-state index contributed by atoms with van der Waals surface area (Å²) in [6, 6.07) is 9.96. The monoisotopic (exact) mass is 333 g/mol. The number of aromatic nitrogens is 2. The maximum absolute atomic E-state index is 6.02. The van der Waals surface area contributed by atoms with Gasteiger partial charge in [-0.25, -0.2) is 9.97 Å². The molecule has 1 aromatic heterocycles. The Bertz CT molecular complexity index is 614. The first-order valence-electron chi connectivity index (χ1n) is 6.62. The van der Waals surface area contributed by atoms with Crippen LogP contribution >= 0.6 is 15.9 Å². The molecule has 20 heavy (non-hydrogen) atoms. The van der Waals surface area contributed by atoms with Gasteiger partial charge in [-0.15, -0.1) is 0 Å². The lowest BCUT2D eigenvalue weighted by atomic mass is 10.1. The van der Waals surface area contributed by atoms with Crippen LogP contribution in [0.5, 0.6) is 0 Å². The van der Waals surface area contributed by atoms with Gasteiger partial charge >= 0.3 is 0 Å². The first kappa shape index (κ1) is 13.5. The van der Waals surface area contributed by atoms with E-state index in [0.29, 0.717) is 17.6 Å². The molecule has 0 saturated heterocycles. The van der Waals surface area contributed by atoms with E-state index < -0.39 is 0 Å². The van der Waals surface area contributed by atoms with Crippen molar-refractivity contribution in [2.24, 2.45) is 5.92 Å². The molecule has 2 N–H and O–H groups in total. The number of rotatable bonds is 4. The number of nitrogen functional groups attached to an aromatic ring is 1. The van der Waals surface area contributed by atoms with Crippen molar-refractivity contribution in [2.45, 2.75) is 18.9 Å². The lowest BCUT2D eigenvalue weighted by molar-refractivity contribution is 0.0774. The summed E-state index contributed by atoms with van der Waals surface area (Å²) in [5, 5.41) is 0. The fourth-order valence-corrected chi connectivity index (χ4v) is 2.71. The van der Waals surface area contributed by atoms with Gasteiger partial charge in [0.2, 0.25) is 0 Å². The maximum atomic E-state index is 6.02. The third-order valence-corrected chi connectivity index (χ3v) is 4.28. The Balaban J connectivity index is 2.08. The van der Waals surface area contributed by atoms with Gasteiger partial charge in [0.25, 0.3) is 0 Å². The second-order valence-electron chi connectivity index (χ2n) is 4.99. The molecule has 1 aromatic carbocycles. The van der Waals surface area contributed by atoms with Crippen molar-refractivity contribution in [2.75, 3.05) is 12.8 Å². The minimum absolute atomic E-state index is 0.0622. The number of anilines is 1. The van der Waals surface area contributed by atoms with Gasteiger partial charge in [0.05, 0.1) is 10.2 Å². The molecular formula is C15H16BrN3O. The van der Waals surface area contributed by atoms with Crippen LogP contribution in [0.1, 0.15) is 24.8 Å². The Morgan fingerprint density at radius 1 is 1.25 bits per heavy atom. The second-order valence-corrected chi connectivity index (χ2v) is 5.78. The van der Waals surface area contributed by atoms with Crippen molar-refractivity contribution < 1.29 is 4.74 Å². The summed E-state index contributed by atoms with van der Waals surface area (Å²) in [7, 11) is 1.70. The van der Waals surface area contributed by atoms with Crippen LogP contribution in [0, 0.1) is 5.92 Å². The van der Waals surface area contributed by atoms with E-state index >= 15 is 0 Å². The molecule has 1 atom stereocenters. The molecule has 104 valence electrons. The normalized spacial score (nSPS) is 16.1. The van der Waals surface area contributed by atoms with Gasteiger partial charge in [-0.1, -0.05) is 30.3 Å². The highest BCUT2D eigenvalue weighted by Gasteiger charge is 2.35. The zero-order chi connectivity index (χ0) is 14.1. The number of nitrogens with two attached hydrogens (primary N) is 1. The smallest absolute Gasteiger partial charge is 0.160 e. The van der Waals surface area contributed by atoms with Gasteiger partial charge in [0, 0.05) is 12.7 Å². The van der Waals surface area contributed by atoms with Crippen molar-refractivity contribution in [3.63, 3.8) is 0 Å². The first-order valence-corrected chi connectivity index (χ1v) is 7.41. The van der Waals surface area contributed by atoms with Crippen LogP contribution in [-0.2, 0) is 4.74 Å². The number of halogens is 1. The Hall–Kier alpha value is -1.46. The Kier molecular flexibility index (Phi) is 3.72. The zero-order valence-corrected chi connectivity index (χ0v) is 12.8. The van der Waals surface area contributed by atoms with Crippen molar-refractivity contribution in [3.8, 4) is 11.3 Å². The van der Waals surface area contributed by atoms with Crippen LogP contribution in [0.4, 0.5) is 5.82 Å². The molecule has 0 amide bonds. The Morgan fingerprint density at radius 3 is 2.55 bits per heavy atom. The lowest BCUT2D eigenvalue weighted by Crippen LogP contribution is -2.11. The molecule has 0 spiro atoms. The summed E-state index contributed by atoms with van der Waals surface area (Å²) in [5.41, 5.74) is 7.85. The van der Waals surface area contributed by atoms with E-state index in [4.69, 9.17) is 10.5 Å². The van der Waals surface area contributed by atoms with Gasteiger partial charge in [-0.2, -0.15) is 0 Å². The Labute approximate surface area is 126 Å². The number of hydrogen-bond donors (Lipinski definition) is 1. The molecule has 0 radical (unpaired) electrons. The summed E-state index contributed by atoms with van der Waals surface area (Å²) in [5.74, 6) is 1.65. The van der Waals surface area contributed by atoms with Crippen molar-refractivity contribution in [3.05, 3.63) is 40.6 Å². The molecule has 4 nitrogen and oxygen atoms in total. The number of nitrogens with zero attached hydrogens (tertiary/aromatic N) is 2. The van der Waals surface area contributed by atoms with E-state index in [0.717, 1.165) is 15.7 Å². The van der Waals surface area contributed by atoms with E-state index in [9.17, 15) is 0 Å². The largest absolute Gasteiger partial charge is 0.383 e. The summed E-state index contributed by atoms with van der Waals surface area (Å²) >= 11 is 3.48. The number of benzene rings is 1. The quantitative estimate of drug-likeness (QED) is 0.928. The van der Waals surface area contributed by atoms with E-state index in [-0.39, 0.29) is 6.10 Å². The number of hydrogen-bond acceptors (Lipinski definition) is 4. The highest BCUT2D eigenvalue weighted by atomic mass is 79.9. The average Bonchev–Trinajstić information content (AvgIpc) is 3.29. The maximum Gasteiger partial charge on any atom is 0.160 e. The summed E-state index contributed by atoms with van der Waals surface area (Å²) in [6.45, 7) is 0. The van der Waals surface area contributed by atoms with Gasteiger partial charge in [0.1, 0.15) is 11.9 Å². The molecule has 0 aliphatic heterocycles. The fourth-order valence-electron chi connectivity index (χ4n) is 2.30. The lowest BCUT2D eigenvalue weighted by Gasteiger charge is -2.16. The molecule has 0 bridgehead atoms. The third kappa shape index (κ3) is 2.55. The SMILES string of the molecule is COC(c1nc(N)c(Br)c(-c2ccccc2)n1)C1CC1. The molecule has 1 heterocycles. The number of ether oxygens (including phenoxy) is 1. The molecule has 1 saturated carbocycles. The van der Waals surface area contributed by atoms with E-state index in [2.05, 4.69) is 25.9 Å². The Morgan fingerprint density at radius 2 is 1.95 bits per heavy atom. The second kappa shape index (κ2) is 5.50.